The molecular weight excluding hydrogens is 252 g/mol. The molecule has 3 aromatic rings. The summed E-state index contributed by atoms with van der Waals surface area (Å²) < 4.78 is 11.1. The van der Waals surface area contributed by atoms with Gasteiger partial charge in [0.15, 0.2) is 0 Å². The second-order valence-electron chi connectivity index (χ2n) is 4.67. The molecule has 1 aromatic carbocycles. The van der Waals surface area contributed by atoms with E-state index in [1.165, 1.54) is 0 Å². The zero-order valence-corrected chi connectivity index (χ0v) is 11.1. The van der Waals surface area contributed by atoms with Crippen molar-refractivity contribution in [3.8, 4) is 6.07 Å². The van der Waals surface area contributed by atoms with Crippen LogP contribution in [0.25, 0.3) is 11.0 Å². The molecule has 0 amide bonds. The summed E-state index contributed by atoms with van der Waals surface area (Å²) in [6.07, 6.45) is 0. The maximum Gasteiger partial charge on any atom is 0.203 e. The molecule has 0 bridgehead atoms. The van der Waals surface area contributed by atoms with Crippen molar-refractivity contribution in [2.75, 3.05) is 0 Å². The standard InChI is InChI=1S/C16H14N2O2/c1-11(18-10-14-7-6-13(9-17)19-14)16-8-12-4-2-3-5-15(12)20-16/h2-8,11,18H,10H2,1H3. The summed E-state index contributed by atoms with van der Waals surface area (Å²) in [6.45, 7) is 2.59. The predicted molar refractivity (Wildman–Crippen MR) is 74.9 cm³/mol. The van der Waals surface area contributed by atoms with Gasteiger partial charge in [-0.2, -0.15) is 5.26 Å². The molecule has 0 radical (unpaired) electrons. The fraction of sp³-hybridized carbons (Fsp3) is 0.188. The first-order chi connectivity index (χ1) is 9.76. The number of hydrogen-bond acceptors (Lipinski definition) is 4. The van der Waals surface area contributed by atoms with Crippen LogP contribution < -0.4 is 5.32 Å². The molecule has 0 aliphatic heterocycles. The van der Waals surface area contributed by atoms with Crippen molar-refractivity contribution < 1.29 is 8.83 Å². The summed E-state index contributed by atoms with van der Waals surface area (Å²) in [7, 11) is 0. The number of para-hydroxylation sites is 1. The van der Waals surface area contributed by atoms with E-state index in [1.54, 1.807) is 12.1 Å². The van der Waals surface area contributed by atoms with E-state index >= 15 is 0 Å². The van der Waals surface area contributed by atoms with Crippen LogP contribution in [0.3, 0.4) is 0 Å². The fourth-order valence-electron chi connectivity index (χ4n) is 2.10. The minimum atomic E-state index is 0.0676. The Kier molecular flexibility index (Phi) is 3.28. The first kappa shape index (κ1) is 12.5. The number of hydrogen-bond donors (Lipinski definition) is 1. The van der Waals surface area contributed by atoms with Crippen molar-refractivity contribution >= 4 is 11.0 Å². The van der Waals surface area contributed by atoms with Crippen molar-refractivity contribution in [3.05, 3.63) is 59.7 Å². The maximum absolute atomic E-state index is 8.71. The summed E-state index contributed by atoms with van der Waals surface area (Å²) in [5.74, 6) is 1.96. The van der Waals surface area contributed by atoms with Gasteiger partial charge in [0.05, 0.1) is 12.6 Å². The van der Waals surface area contributed by atoms with Crippen LogP contribution in [-0.4, -0.2) is 0 Å². The first-order valence-electron chi connectivity index (χ1n) is 6.47. The second-order valence-corrected chi connectivity index (χ2v) is 4.67. The van der Waals surface area contributed by atoms with Gasteiger partial charge in [0.2, 0.25) is 5.76 Å². The van der Waals surface area contributed by atoms with Crippen molar-refractivity contribution in [1.82, 2.24) is 5.32 Å². The Labute approximate surface area is 116 Å². The monoisotopic (exact) mass is 266 g/mol. The SMILES string of the molecule is CC(NCc1ccc(C#N)o1)c1cc2ccccc2o1. The highest BCUT2D eigenvalue weighted by atomic mass is 16.3. The minimum Gasteiger partial charge on any atom is -0.459 e. The number of nitriles is 1. The summed E-state index contributed by atoms with van der Waals surface area (Å²) in [5, 5.41) is 13.1. The van der Waals surface area contributed by atoms with Crippen LogP contribution >= 0.6 is 0 Å². The minimum absolute atomic E-state index is 0.0676. The molecule has 20 heavy (non-hydrogen) atoms. The number of benzene rings is 1. The Morgan fingerprint density at radius 1 is 1.20 bits per heavy atom. The van der Waals surface area contributed by atoms with Crippen molar-refractivity contribution in [3.63, 3.8) is 0 Å². The molecule has 0 spiro atoms. The molecule has 1 atom stereocenters. The van der Waals surface area contributed by atoms with Crippen LogP contribution in [0, 0.1) is 11.3 Å². The molecule has 4 heteroatoms. The van der Waals surface area contributed by atoms with Crippen molar-refractivity contribution in [2.24, 2.45) is 0 Å². The van der Waals surface area contributed by atoms with E-state index < -0.39 is 0 Å². The zero-order chi connectivity index (χ0) is 13.9. The molecule has 0 saturated heterocycles. The van der Waals surface area contributed by atoms with Crippen LogP contribution in [0.1, 0.15) is 30.2 Å². The van der Waals surface area contributed by atoms with Crippen LogP contribution in [-0.2, 0) is 6.54 Å². The molecule has 1 unspecified atom stereocenters. The molecule has 1 N–H and O–H groups in total. The highest BCUT2D eigenvalue weighted by Gasteiger charge is 2.11. The molecule has 2 heterocycles. The van der Waals surface area contributed by atoms with E-state index in [4.69, 9.17) is 14.1 Å². The third-order valence-electron chi connectivity index (χ3n) is 3.23. The lowest BCUT2D eigenvalue weighted by molar-refractivity contribution is 0.416. The van der Waals surface area contributed by atoms with Gasteiger partial charge in [0.1, 0.15) is 23.2 Å². The third kappa shape index (κ3) is 2.44. The van der Waals surface area contributed by atoms with E-state index in [-0.39, 0.29) is 6.04 Å². The average Bonchev–Trinajstić information content (AvgIpc) is 3.10. The lowest BCUT2D eigenvalue weighted by atomic mass is 10.2. The summed E-state index contributed by atoms with van der Waals surface area (Å²) in [5.41, 5.74) is 0.890. The van der Waals surface area contributed by atoms with Crippen LogP contribution in [0.5, 0.6) is 0 Å². The Bertz CT molecular complexity index is 731. The molecule has 2 aromatic heterocycles. The van der Waals surface area contributed by atoms with E-state index in [0.29, 0.717) is 12.3 Å². The Morgan fingerprint density at radius 2 is 2.05 bits per heavy atom. The van der Waals surface area contributed by atoms with Gasteiger partial charge in [0, 0.05) is 5.39 Å². The van der Waals surface area contributed by atoms with Crippen molar-refractivity contribution in [1.29, 1.82) is 5.26 Å². The molecule has 0 fully saturated rings. The summed E-state index contributed by atoms with van der Waals surface area (Å²) in [6, 6.07) is 15.5. The number of rotatable bonds is 4. The quantitative estimate of drug-likeness (QED) is 0.781. The van der Waals surface area contributed by atoms with Crippen molar-refractivity contribution in [2.45, 2.75) is 19.5 Å². The van der Waals surface area contributed by atoms with Gasteiger partial charge in [-0.25, -0.2) is 0 Å². The van der Waals surface area contributed by atoms with Gasteiger partial charge in [-0.15, -0.1) is 0 Å². The molecule has 4 nitrogen and oxygen atoms in total. The van der Waals surface area contributed by atoms with Gasteiger partial charge < -0.3 is 14.2 Å². The Morgan fingerprint density at radius 3 is 2.80 bits per heavy atom. The number of nitrogens with one attached hydrogen (secondary N) is 1. The van der Waals surface area contributed by atoms with E-state index in [2.05, 4.69) is 5.32 Å². The lowest BCUT2D eigenvalue weighted by Gasteiger charge is -2.09. The van der Waals surface area contributed by atoms with Gasteiger partial charge >= 0.3 is 0 Å². The summed E-state index contributed by atoms with van der Waals surface area (Å²) >= 11 is 0. The first-order valence-corrected chi connectivity index (χ1v) is 6.47. The highest BCUT2D eigenvalue weighted by Crippen LogP contribution is 2.23. The highest BCUT2D eigenvalue weighted by molar-refractivity contribution is 5.77. The van der Waals surface area contributed by atoms with Crippen LogP contribution in [0.4, 0.5) is 0 Å². The lowest BCUT2D eigenvalue weighted by Crippen LogP contribution is -2.17. The molecule has 0 aliphatic rings. The number of furan rings is 2. The topological polar surface area (TPSA) is 62.1 Å². The summed E-state index contributed by atoms with van der Waals surface area (Å²) in [4.78, 5) is 0. The molecule has 0 saturated carbocycles. The van der Waals surface area contributed by atoms with Crippen LogP contribution in [0.2, 0.25) is 0 Å². The van der Waals surface area contributed by atoms with Gasteiger partial charge in [-0.05, 0) is 31.2 Å². The Balaban J connectivity index is 1.69. The van der Waals surface area contributed by atoms with Gasteiger partial charge in [0.25, 0.3) is 0 Å². The maximum atomic E-state index is 8.71. The predicted octanol–water partition coefficient (Wildman–Crippen LogP) is 3.75. The average molecular weight is 266 g/mol. The number of fused-ring (bicyclic) bond motifs is 1. The molecular formula is C16H14N2O2. The smallest absolute Gasteiger partial charge is 0.203 e. The van der Waals surface area contributed by atoms with Gasteiger partial charge in [-0.1, -0.05) is 18.2 Å². The zero-order valence-electron chi connectivity index (χ0n) is 11.1. The van der Waals surface area contributed by atoms with Crippen LogP contribution in [0.15, 0.2) is 51.3 Å². The van der Waals surface area contributed by atoms with E-state index in [9.17, 15) is 0 Å². The molecule has 100 valence electrons. The number of nitrogens with zero attached hydrogens (tertiary/aromatic N) is 1. The molecule has 0 aliphatic carbocycles. The molecule has 3 rings (SSSR count). The Hall–Kier alpha value is -2.51. The fourth-order valence-corrected chi connectivity index (χ4v) is 2.10. The second kappa shape index (κ2) is 5.24. The normalized spacial score (nSPS) is 12.4. The third-order valence-corrected chi connectivity index (χ3v) is 3.23. The van der Waals surface area contributed by atoms with Gasteiger partial charge in [-0.3, -0.25) is 0 Å². The van der Waals surface area contributed by atoms with E-state index in [1.807, 2.05) is 43.3 Å². The van der Waals surface area contributed by atoms with E-state index in [0.717, 1.165) is 22.5 Å². The largest absolute Gasteiger partial charge is 0.459 e.